The Morgan fingerprint density at radius 1 is 1.14 bits per heavy atom. The SMILES string of the molecule is CCOc1cc(CNC(C)C)ccc1OCC(O)COC. The Morgan fingerprint density at radius 3 is 2.52 bits per heavy atom. The molecule has 0 spiro atoms. The lowest BCUT2D eigenvalue weighted by molar-refractivity contribution is 0.0318. The van der Waals surface area contributed by atoms with E-state index in [1.165, 1.54) is 0 Å². The number of benzene rings is 1. The first-order chi connectivity index (χ1) is 10.1. The molecule has 0 heterocycles. The summed E-state index contributed by atoms with van der Waals surface area (Å²) in [6.45, 7) is 7.93. The first kappa shape index (κ1) is 17.8. The van der Waals surface area contributed by atoms with E-state index in [1.54, 1.807) is 7.11 Å². The monoisotopic (exact) mass is 297 g/mol. The molecule has 2 N–H and O–H groups in total. The molecule has 0 bridgehead atoms. The fraction of sp³-hybridized carbons (Fsp3) is 0.625. The number of hydrogen-bond donors (Lipinski definition) is 2. The predicted octanol–water partition coefficient (Wildman–Crippen LogP) is 1.97. The van der Waals surface area contributed by atoms with Gasteiger partial charge in [0.2, 0.25) is 0 Å². The first-order valence-electron chi connectivity index (χ1n) is 7.35. The molecule has 0 saturated carbocycles. The van der Waals surface area contributed by atoms with Crippen LogP contribution in [0.5, 0.6) is 11.5 Å². The van der Waals surface area contributed by atoms with E-state index in [1.807, 2.05) is 25.1 Å². The van der Waals surface area contributed by atoms with Gasteiger partial charge in [-0.2, -0.15) is 0 Å². The lowest BCUT2D eigenvalue weighted by Gasteiger charge is -2.16. The zero-order valence-corrected chi connectivity index (χ0v) is 13.4. The standard InChI is InChI=1S/C16H27NO4/c1-5-20-16-8-13(9-17-12(2)3)6-7-15(16)21-11-14(18)10-19-4/h6-8,12,14,17-18H,5,9-11H2,1-4H3. The van der Waals surface area contributed by atoms with Gasteiger partial charge in [-0.25, -0.2) is 0 Å². The molecule has 5 nitrogen and oxygen atoms in total. The van der Waals surface area contributed by atoms with Crippen molar-refractivity contribution in [3.05, 3.63) is 23.8 Å². The van der Waals surface area contributed by atoms with Crippen molar-refractivity contribution in [2.45, 2.75) is 39.5 Å². The highest BCUT2D eigenvalue weighted by Gasteiger charge is 2.10. The summed E-state index contributed by atoms with van der Waals surface area (Å²) >= 11 is 0. The zero-order chi connectivity index (χ0) is 15.7. The summed E-state index contributed by atoms with van der Waals surface area (Å²) in [7, 11) is 1.55. The van der Waals surface area contributed by atoms with Crippen LogP contribution in [0.2, 0.25) is 0 Å². The number of nitrogens with one attached hydrogen (secondary N) is 1. The van der Waals surface area contributed by atoms with Crippen LogP contribution < -0.4 is 14.8 Å². The number of aliphatic hydroxyl groups is 1. The van der Waals surface area contributed by atoms with Crippen LogP contribution in [0.15, 0.2) is 18.2 Å². The van der Waals surface area contributed by atoms with Crippen molar-refractivity contribution < 1.29 is 19.3 Å². The van der Waals surface area contributed by atoms with Gasteiger partial charge in [-0.1, -0.05) is 19.9 Å². The minimum Gasteiger partial charge on any atom is -0.490 e. The van der Waals surface area contributed by atoms with Gasteiger partial charge in [0.05, 0.1) is 13.2 Å². The second kappa shape index (κ2) is 9.60. The van der Waals surface area contributed by atoms with Crippen molar-refractivity contribution in [1.82, 2.24) is 5.32 Å². The van der Waals surface area contributed by atoms with Crippen molar-refractivity contribution in [3.8, 4) is 11.5 Å². The average Bonchev–Trinajstić information content (AvgIpc) is 2.44. The fourth-order valence-electron chi connectivity index (χ4n) is 1.80. The second-order valence-electron chi connectivity index (χ2n) is 5.17. The molecule has 5 heteroatoms. The van der Waals surface area contributed by atoms with Crippen LogP contribution in [0, 0.1) is 0 Å². The van der Waals surface area contributed by atoms with Crippen LogP contribution in [0.25, 0.3) is 0 Å². The van der Waals surface area contributed by atoms with Crippen molar-refractivity contribution in [3.63, 3.8) is 0 Å². The zero-order valence-electron chi connectivity index (χ0n) is 13.4. The minimum absolute atomic E-state index is 0.178. The van der Waals surface area contributed by atoms with Crippen LogP contribution in [0.1, 0.15) is 26.3 Å². The molecule has 1 aromatic rings. The molecule has 0 aromatic heterocycles. The Morgan fingerprint density at radius 2 is 1.90 bits per heavy atom. The van der Waals surface area contributed by atoms with E-state index < -0.39 is 6.10 Å². The van der Waals surface area contributed by atoms with Crippen LogP contribution in [0.4, 0.5) is 0 Å². The molecule has 0 saturated heterocycles. The number of rotatable bonds is 10. The molecule has 0 radical (unpaired) electrons. The third-order valence-corrected chi connectivity index (χ3v) is 2.81. The van der Waals surface area contributed by atoms with Crippen molar-refractivity contribution in [2.24, 2.45) is 0 Å². The summed E-state index contributed by atoms with van der Waals surface area (Å²) in [5.74, 6) is 1.34. The molecule has 1 rings (SSSR count). The maximum absolute atomic E-state index is 9.63. The fourth-order valence-corrected chi connectivity index (χ4v) is 1.80. The molecule has 21 heavy (non-hydrogen) atoms. The molecule has 0 aliphatic carbocycles. The smallest absolute Gasteiger partial charge is 0.161 e. The number of hydrogen-bond acceptors (Lipinski definition) is 5. The van der Waals surface area contributed by atoms with E-state index in [9.17, 15) is 5.11 Å². The van der Waals surface area contributed by atoms with E-state index in [-0.39, 0.29) is 13.2 Å². The van der Waals surface area contributed by atoms with Gasteiger partial charge >= 0.3 is 0 Å². The second-order valence-corrected chi connectivity index (χ2v) is 5.17. The lowest BCUT2D eigenvalue weighted by atomic mass is 10.2. The molecule has 1 unspecified atom stereocenters. The molecular formula is C16H27NO4. The highest BCUT2D eigenvalue weighted by atomic mass is 16.5. The van der Waals surface area contributed by atoms with Crippen molar-refractivity contribution in [1.29, 1.82) is 0 Å². The third kappa shape index (κ3) is 6.80. The summed E-state index contributed by atoms with van der Waals surface area (Å²) in [6, 6.07) is 6.27. The summed E-state index contributed by atoms with van der Waals surface area (Å²) in [4.78, 5) is 0. The van der Waals surface area contributed by atoms with Crippen molar-refractivity contribution in [2.75, 3.05) is 26.9 Å². The molecule has 1 aromatic carbocycles. The van der Waals surface area contributed by atoms with E-state index >= 15 is 0 Å². The number of aliphatic hydroxyl groups excluding tert-OH is 1. The average molecular weight is 297 g/mol. The Kier molecular flexibility index (Phi) is 8.12. The van der Waals surface area contributed by atoms with E-state index in [4.69, 9.17) is 14.2 Å². The Hall–Kier alpha value is -1.30. The van der Waals surface area contributed by atoms with Gasteiger partial charge in [0.25, 0.3) is 0 Å². The molecule has 120 valence electrons. The normalized spacial score (nSPS) is 12.5. The number of methoxy groups -OCH3 is 1. The van der Waals surface area contributed by atoms with Gasteiger partial charge in [0.1, 0.15) is 12.7 Å². The van der Waals surface area contributed by atoms with Gasteiger partial charge in [0, 0.05) is 19.7 Å². The topological polar surface area (TPSA) is 60.0 Å². The summed E-state index contributed by atoms with van der Waals surface area (Å²) in [5.41, 5.74) is 1.14. The van der Waals surface area contributed by atoms with Gasteiger partial charge in [0.15, 0.2) is 11.5 Å². The molecule has 0 aliphatic rings. The van der Waals surface area contributed by atoms with E-state index in [0.717, 1.165) is 12.1 Å². The Bertz CT molecular complexity index is 409. The van der Waals surface area contributed by atoms with Gasteiger partial charge < -0.3 is 24.6 Å². The van der Waals surface area contributed by atoms with Crippen molar-refractivity contribution >= 4 is 0 Å². The minimum atomic E-state index is -0.647. The highest BCUT2D eigenvalue weighted by Crippen LogP contribution is 2.28. The van der Waals surface area contributed by atoms with Gasteiger partial charge in [-0.05, 0) is 24.6 Å². The molecule has 0 fully saturated rings. The van der Waals surface area contributed by atoms with Crippen LogP contribution in [0.3, 0.4) is 0 Å². The van der Waals surface area contributed by atoms with Crippen LogP contribution in [-0.4, -0.2) is 44.2 Å². The van der Waals surface area contributed by atoms with E-state index in [0.29, 0.717) is 24.1 Å². The number of ether oxygens (including phenoxy) is 3. The molecule has 0 aliphatic heterocycles. The third-order valence-electron chi connectivity index (χ3n) is 2.81. The maximum Gasteiger partial charge on any atom is 0.161 e. The largest absolute Gasteiger partial charge is 0.490 e. The summed E-state index contributed by atoms with van der Waals surface area (Å²) in [6.07, 6.45) is -0.647. The molecule has 1 atom stereocenters. The first-order valence-corrected chi connectivity index (χ1v) is 7.35. The van der Waals surface area contributed by atoms with Gasteiger partial charge in [-0.15, -0.1) is 0 Å². The van der Waals surface area contributed by atoms with Crippen LogP contribution >= 0.6 is 0 Å². The summed E-state index contributed by atoms with van der Waals surface area (Å²) in [5, 5.41) is 13.0. The molecule has 0 amide bonds. The Labute approximate surface area is 127 Å². The summed E-state index contributed by atoms with van der Waals surface area (Å²) < 4.78 is 16.1. The predicted molar refractivity (Wildman–Crippen MR) is 83.0 cm³/mol. The Balaban J connectivity index is 2.69. The van der Waals surface area contributed by atoms with Crippen LogP contribution in [-0.2, 0) is 11.3 Å². The quantitative estimate of drug-likeness (QED) is 0.691. The lowest BCUT2D eigenvalue weighted by Crippen LogP contribution is -2.23. The highest BCUT2D eigenvalue weighted by molar-refractivity contribution is 5.43. The molecular weight excluding hydrogens is 270 g/mol. The van der Waals surface area contributed by atoms with Gasteiger partial charge in [-0.3, -0.25) is 0 Å². The maximum atomic E-state index is 9.63. The van der Waals surface area contributed by atoms with E-state index in [2.05, 4.69) is 19.2 Å².